The van der Waals surface area contributed by atoms with Crippen LogP contribution in [0.3, 0.4) is 0 Å². The monoisotopic (exact) mass is 233 g/mol. The highest BCUT2D eigenvalue weighted by Gasteiger charge is 2.17. The van der Waals surface area contributed by atoms with Gasteiger partial charge in [-0.25, -0.2) is 4.79 Å². The first-order valence-corrected chi connectivity index (χ1v) is 5.18. The van der Waals surface area contributed by atoms with E-state index in [1.54, 1.807) is 4.90 Å². The van der Waals surface area contributed by atoms with Gasteiger partial charge >= 0.3 is 5.69 Å². The predicted molar refractivity (Wildman–Crippen MR) is 59.4 cm³/mol. The van der Waals surface area contributed by atoms with Gasteiger partial charge in [-0.15, -0.1) is 0 Å². The summed E-state index contributed by atoms with van der Waals surface area (Å²) in [5.41, 5.74) is -0.338. The van der Waals surface area contributed by atoms with Crippen LogP contribution in [0.25, 0.3) is 0 Å². The summed E-state index contributed by atoms with van der Waals surface area (Å²) >= 11 is 0. The largest absolute Gasteiger partial charge is 0.353 e. The molecule has 88 valence electrons. The minimum absolute atomic E-state index is 0.192. The van der Waals surface area contributed by atoms with Gasteiger partial charge in [-0.1, -0.05) is 0 Å². The summed E-state index contributed by atoms with van der Waals surface area (Å²) in [6.45, 7) is 2.42. The molecule has 1 aliphatic rings. The van der Waals surface area contributed by atoms with E-state index in [9.17, 15) is 9.59 Å². The smallest absolute Gasteiger partial charge is 0.347 e. The molecular formula is C10H11N5O2. The van der Waals surface area contributed by atoms with Crippen LogP contribution in [0.4, 0.5) is 5.82 Å². The van der Waals surface area contributed by atoms with Crippen LogP contribution in [0.1, 0.15) is 5.69 Å². The maximum atomic E-state index is 11.2. The molecular weight excluding hydrogens is 222 g/mol. The summed E-state index contributed by atoms with van der Waals surface area (Å²) in [6.07, 6.45) is 0.809. The fourth-order valence-corrected chi connectivity index (χ4v) is 1.72. The third kappa shape index (κ3) is 2.42. The Labute approximate surface area is 97.3 Å². The summed E-state index contributed by atoms with van der Waals surface area (Å²) in [5.74, 6) is 0.482. The van der Waals surface area contributed by atoms with Crippen molar-refractivity contribution >= 4 is 12.2 Å². The zero-order valence-electron chi connectivity index (χ0n) is 9.09. The second-order valence-electron chi connectivity index (χ2n) is 3.70. The third-order valence-corrected chi connectivity index (χ3v) is 2.64. The maximum Gasteiger partial charge on any atom is 0.347 e. The number of H-pyrrole nitrogens is 1. The van der Waals surface area contributed by atoms with E-state index in [4.69, 9.17) is 5.26 Å². The van der Waals surface area contributed by atoms with Gasteiger partial charge in [-0.3, -0.25) is 9.78 Å². The molecule has 1 saturated heterocycles. The van der Waals surface area contributed by atoms with Gasteiger partial charge in [0.25, 0.3) is 0 Å². The Bertz CT molecular complexity index is 510. The van der Waals surface area contributed by atoms with Gasteiger partial charge in [0.1, 0.15) is 17.6 Å². The second kappa shape index (κ2) is 4.65. The molecule has 7 nitrogen and oxygen atoms in total. The van der Waals surface area contributed by atoms with Crippen molar-refractivity contribution in [1.82, 2.24) is 14.9 Å². The number of aromatic amines is 1. The molecule has 2 rings (SSSR count). The zero-order valence-corrected chi connectivity index (χ0v) is 9.09. The Kier molecular flexibility index (Phi) is 3.05. The van der Waals surface area contributed by atoms with Crippen LogP contribution in [0, 0.1) is 11.3 Å². The minimum atomic E-state index is -0.531. The Morgan fingerprint density at radius 2 is 2.12 bits per heavy atom. The van der Waals surface area contributed by atoms with Crippen LogP contribution in [-0.2, 0) is 4.79 Å². The fourth-order valence-electron chi connectivity index (χ4n) is 1.72. The molecule has 0 aliphatic carbocycles. The number of carbonyl (C=O) groups excluding carboxylic acids is 1. The number of nitrogens with zero attached hydrogens (tertiary/aromatic N) is 4. The maximum absolute atomic E-state index is 11.2. The minimum Gasteiger partial charge on any atom is -0.353 e. The van der Waals surface area contributed by atoms with Gasteiger partial charge in [0.15, 0.2) is 0 Å². The first-order chi connectivity index (χ1) is 8.22. The molecule has 0 bridgehead atoms. The third-order valence-electron chi connectivity index (χ3n) is 2.64. The lowest BCUT2D eigenvalue weighted by atomic mass is 10.3. The summed E-state index contributed by atoms with van der Waals surface area (Å²) in [7, 11) is 0. The Morgan fingerprint density at radius 1 is 1.41 bits per heavy atom. The van der Waals surface area contributed by atoms with Gasteiger partial charge in [0, 0.05) is 32.2 Å². The van der Waals surface area contributed by atoms with Gasteiger partial charge < -0.3 is 9.80 Å². The molecule has 0 aromatic carbocycles. The van der Waals surface area contributed by atoms with E-state index in [0.29, 0.717) is 32.0 Å². The van der Waals surface area contributed by atoms with Crippen molar-refractivity contribution in [1.29, 1.82) is 5.26 Å². The van der Waals surface area contributed by atoms with Gasteiger partial charge in [-0.05, 0) is 0 Å². The zero-order chi connectivity index (χ0) is 12.3. The molecule has 0 radical (unpaired) electrons. The van der Waals surface area contributed by atoms with Crippen molar-refractivity contribution in [3.05, 3.63) is 22.2 Å². The number of nitriles is 1. The lowest BCUT2D eigenvalue weighted by Gasteiger charge is -2.33. The number of piperazine rings is 1. The van der Waals surface area contributed by atoms with Crippen molar-refractivity contribution in [3.63, 3.8) is 0 Å². The fraction of sp³-hybridized carbons (Fsp3) is 0.400. The van der Waals surface area contributed by atoms with Crippen molar-refractivity contribution in [2.45, 2.75) is 0 Å². The van der Waals surface area contributed by atoms with E-state index in [1.807, 2.05) is 11.0 Å². The van der Waals surface area contributed by atoms with Crippen LogP contribution < -0.4 is 10.6 Å². The summed E-state index contributed by atoms with van der Waals surface area (Å²) < 4.78 is 0. The van der Waals surface area contributed by atoms with E-state index in [1.165, 1.54) is 6.07 Å². The SMILES string of the molecule is N#Cc1cc(N2CCN(C=O)CC2)nc(=O)[nH]1. The molecule has 1 aromatic heterocycles. The number of hydrogen-bond donors (Lipinski definition) is 1. The lowest BCUT2D eigenvalue weighted by molar-refractivity contribution is -0.118. The lowest BCUT2D eigenvalue weighted by Crippen LogP contribution is -2.46. The van der Waals surface area contributed by atoms with Gasteiger partial charge in [0.05, 0.1) is 0 Å². The number of rotatable bonds is 2. The summed E-state index contributed by atoms with van der Waals surface area (Å²) in [5, 5.41) is 8.74. The number of amides is 1. The van der Waals surface area contributed by atoms with E-state index in [0.717, 1.165) is 6.41 Å². The predicted octanol–water partition coefficient (Wildman–Crippen LogP) is -1.08. The molecule has 1 aliphatic heterocycles. The second-order valence-corrected chi connectivity index (χ2v) is 3.70. The average molecular weight is 233 g/mol. The van der Waals surface area contributed by atoms with Crippen molar-refractivity contribution in [3.8, 4) is 6.07 Å². The molecule has 1 aromatic rings. The van der Waals surface area contributed by atoms with Gasteiger partial charge in [-0.2, -0.15) is 10.2 Å². The molecule has 1 fully saturated rings. The van der Waals surface area contributed by atoms with Crippen LogP contribution in [0.2, 0.25) is 0 Å². The molecule has 0 atom stereocenters. The van der Waals surface area contributed by atoms with Crippen molar-refractivity contribution in [2.24, 2.45) is 0 Å². The number of aromatic nitrogens is 2. The Morgan fingerprint density at radius 3 is 2.71 bits per heavy atom. The summed E-state index contributed by atoms with van der Waals surface area (Å²) in [6, 6.07) is 3.42. The van der Waals surface area contributed by atoms with Crippen LogP contribution in [0.15, 0.2) is 10.9 Å². The molecule has 0 spiro atoms. The first kappa shape index (κ1) is 11.1. The van der Waals surface area contributed by atoms with E-state index >= 15 is 0 Å². The molecule has 2 heterocycles. The van der Waals surface area contributed by atoms with Crippen LogP contribution in [0.5, 0.6) is 0 Å². The number of hydrogen-bond acceptors (Lipinski definition) is 5. The van der Waals surface area contributed by atoms with Crippen molar-refractivity contribution in [2.75, 3.05) is 31.1 Å². The average Bonchev–Trinajstić information content (AvgIpc) is 2.38. The molecule has 7 heteroatoms. The molecule has 1 amide bonds. The first-order valence-electron chi connectivity index (χ1n) is 5.18. The van der Waals surface area contributed by atoms with Crippen LogP contribution in [-0.4, -0.2) is 47.5 Å². The molecule has 0 saturated carbocycles. The topological polar surface area (TPSA) is 93.1 Å². The standard InChI is InChI=1S/C10H11N5O2/c11-6-8-5-9(13-10(17)12-8)15-3-1-14(7-16)2-4-15/h5,7H,1-4H2,(H,12,13,17). The van der Waals surface area contributed by atoms with E-state index in [2.05, 4.69) is 9.97 Å². The Hall–Kier alpha value is -2.36. The molecule has 0 unspecified atom stereocenters. The Balaban J connectivity index is 2.19. The number of nitrogens with one attached hydrogen (secondary N) is 1. The quantitative estimate of drug-likeness (QED) is 0.656. The normalized spacial score (nSPS) is 15.5. The summed E-state index contributed by atoms with van der Waals surface area (Å²) in [4.78, 5) is 31.5. The number of anilines is 1. The highest BCUT2D eigenvalue weighted by atomic mass is 16.1. The van der Waals surface area contributed by atoms with Crippen LogP contribution >= 0.6 is 0 Å². The highest BCUT2D eigenvalue weighted by Crippen LogP contribution is 2.11. The van der Waals surface area contributed by atoms with E-state index in [-0.39, 0.29) is 5.69 Å². The van der Waals surface area contributed by atoms with E-state index < -0.39 is 5.69 Å². The number of carbonyl (C=O) groups is 1. The molecule has 17 heavy (non-hydrogen) atoms. The van der Waals surface area contributed by atoms with Crippen molar-refractivity contribution < 1.29 is 4.79 Å². The van der Waals surface area contributed by atoms with Gasteiger partial charge in [0.2, 0.25) is 6.41 Å². The molecule has 1 N–H and O–H groups in total. The highest BCUT2D eigenvalue weighted by molar-refractivity contribution is 5.49.